The quantitative estimate of drug-likeness (QED) is 0.150. The molecule has 0 unspecified atom stereocenters. The average molecular weight is 683 g/mol. The summed E-state index contributed by atoms with van der Waals surface area (Å²) < 4.78 is 34.8. The molecule has 11 heteroatoms. The largest absolute Gasteiger partial charge is 0.494 e. The van der Waals surface area contributed by atoms with Crippen molar-refractivity contribution in [2.75, 3.05) is 24.0 Å². The molecular formula is C35H37Cl2N3O5S. The highest BCUT2D eigenvalue weighted by molar-refractivity contribution is 7.92. The maximum absolute atomic E-state index is 14.5. The van der Waals surface area contributed by atoms with E-state index < -0.39 is 28.5 Å². The zero-order valence-electron chi connectivity index (χ0n) is 25.7. The smallest absolute Gasteiger partial charge is 0.264 e. The highest BCUT2D eigenvalue weighted by atomic mass is 35.5. The van der Waals surface area contributed by atoms with Crippen molar-refractivity contribution < 1.29 is 22.7 Å². The first-order valence-corrected chi connectivity index (χ1v) is 17.2. The Balaban J connectivity index is 1.80. The second-order valence-electron chi connectivity index (χ2n) is 10.5. The summed E-state index contributed by atoms with van der Waals surface area (Å²) in [7, 11) is -4.21. The third-order valence-electron chi connectivity index (χ3n) is 7.20. The first kappa shape index (κ1) is 34.8. The SMILES string of the molecule is CCCNC(=O)[C@@H](Cc1ccccc1)N(Cc1ccc(Cl)c(Cl)c1)C(=O)CN(c1ccc(OCC)cc1)S(=O)(=O)c1ccccc1. The molecule has 0 aromatic heterocycles. The Morgan fingerprint density at radius 2 is 1.48 bits per heavy atom. The number of halogens is 2. The Kier molecular flexibility index (Phi) is 12.5. The summed E-state index contributed by atoms with van der Waals surface area (Å²) in [4.78, 5) is 29.7. The minimum atomic E-state index is -4.21. The predicted molar refractivity (Wildman–Crippen MR) is 183 cm³/mol. The molecule has 0 saturated heterocycles. The lowest BCUT2D eigenvalue weighted by atomic mass is 10.0. The van der Waals surface area contributed by atoms with Crippen LogP contribution in [-0.2, 0) is 32.6 Å². The molecule has 0 aliphatic rings. The van der Waals surface area contributed by atoms with Crippen LogP contribution in [0.1, 0.15) is 31.4 Å². The number of rotatable bonds is 15. The third-order valence-corrected chi connectivity index (χ3v) is 9.73. The van der Waals surface area contributed by atoms with Gasteiger partial charge < -0.3 is 15.0 Å². The Morgan fingerprint density at radius 1 is 0.826 bits per heavy atom. The zero-order chi connectivity index (χ0) is 33.1. The molecule has 0 aliphatic carbocycles. The molecule has 0 fully saturated rings. The summed E-state index contributed by atoms with van der Waals surface area (Å²) in [6.07, 6.45) is 0.906. The number of hydrogen-bond donors (Lipinski definition) is 1. The summed E-state index contributed by atoms with van der Waals surface area (Å²) >= 11 is 12.5. The number of nitrogens with zero attached hydrogens (tertiary/aromatic N) is 2. The first-order chi connectivity index (χ1) is 22.1. The highest BCUT2D eigenvalue weighted by Crippen LogP contribution is 2.28. The number of carbonyl (C=O) groups excluding carboxylic acids is 2. The van der Waals surface area contributed by atoms with Crippen LogP contribution in [0.4, 0.5) is 5.69 Å². The Hall–Kier alpha value is -4.05. The number of amides is 2. The van der Waals surface area contributed by atoms with Gasteiger partial charge in [0, 0.05) is 19.5 Å². The summed E-state index contributed by atoms with van der Waals surface area (Å²) in [5.41, 5.74) is 1.74. The lowest BCUT2D eigenvalue weighted by Crippen LogP contribution is -2.53. The van der Waals surface area contributed by atoms with Crippen LogP contribution in [0.2, 0.25) is 10.0 Å². The fourth-order valence-corrected chi connectivity index (χ4v) is 6.63. The van der Waals surface area contributed by atoms with Gasteiger partial charge in [0.05, 0.1) is 27.2 Å². The number of nitrogens with one attached hydrogen (secondary N) is 1. The average Bonchev–Trinajstić information content (AvgIpc) is 3.07. The van der Waals surface area contributed by atoms with Crippen LogP contribution in [0.25, 0.3) is 0 Å². The second kappa shape index (κ2) is 16.5. The number of hydrogen-bond acceptors (Lipinski definition) is 5. The van der Waals surface area contributed by atoms with Gasteiger partial charge in [0.25, 0.3) is 10.0 Å². The van der Waals surface area contributed by atoms with Crippen molar-refractivity contribution in [2.45, 2.75) is 44.2 Å². The number of carbonyl (C=O) groups is 2. The van der Waals surface area contributed by atoms with Crippen LogP contribution < -0.4 is 14.4 Å². The van der Waals surface area contributed by atoms with Gasteiger partial charge in [-0.05, 0) is 73.0 Å². The van der Waals surface area contributed by atoms with Gasteiger partial charge >= 0.3 is 0 Å². The van der Waals surface area contributed by atoms with Crippen molar-refractivity contribution in [3.8, 4) is 5.75 Å². The number of benzene rings is 4. The molecule has 8 nitrogen and oxygen atoms in total. The molecule has 0 heterocycles. The van der Waals surface area contributed by atoms with Gasteiger partial charge in [0.2, 0.25) is 11.8 Å². The van der Waals surface area contributed by atoms with Crippen LogP contribution in [0, 0.1) is 0 Å². The normalized spacial score (nSPS) is 11.8. The molecule has 0 radical (unpaired) electrons. The molecule has 0 aliphatic heterocycles. The maximum Gasteiger partial charge on any atom is 0.264 e. The van der Waals surface area contributed by atoms with E-state index in [1.165, 1.54) is 17.0 Å². The van der Waals surface area contributed by atoms with Crippen molar-refractivity contribution in [3.63, 3.8) is 0 Å². The van der Waals surface area contributed by atoms with Gasteiger partial charge in [-0.15, -0.1) is 0 Å². The molecule has 4 aromatic rings. The van der Waals surface area contributed by atoms with E-state index >= 15 is 0 Å². The summed E-state index contributed by atoms with van der Waals surface area (Å²) in [6, 6.07) is 27.8. The molecule has 2 amide bonds. The van der Waals surface area contributed by atoms with Crippen molar-refractivity contribution in [1.29, 1.82) is 0 Å². The fraction of sp³-hybridized carbons (Fsp3) is 0.257. The zero-order valence-corrected chi connectivity index (χ0v) is 28.1. The van der Waals surface area contributed by atoms with Gasteiger partial charge in [-0.1, -0.05) is 84.7 Å². The van der Waals surface area contributed by atoms with E-state index in [0.29, 0.717) is 40.9 Å². The van der Waals surface area contributed by atoms with Crippen LogP contribution >= 0.6 is 23.2 Å². The summed E-state index contributed by atoms with van der Waals surface area (Å²) in [6.45, 7) is 4.06. The van der Waals surface area contributed by atoms with E-state index in [9.17, 15) is 18.0 Å². The molecule has 4 rings (SSSR count). The molecule has 4 aromatic carbocycles. The molecule has 1 atom stereocenters. The Labute approximate surface area is 280 Å². The van der Waals surface area contributed by atoms with Crippen molar-refractivity contribution in [2.24, 2.45) is 0 Å². The van der Waals surface area contributed by atoms with E-state index in [-0.39, 0.29) is 29.5 Å². The fourth-order valence-electron chi connectivity index (χ4n) is 4.88. The minimum Gasteiger partial charge on any atom is -0.494 e. The van der Waals surface area contributed by atoms with E-state index in [0.717, 1.165) is 9.87 Å². The van der Waals surface area contributed by atoms with Crippen molar-refractivity contribution in [1.82, 2.24) is 10.2 Å². The lowest BCUT2D eigenvalue weighted by Gasteiger charge is -2.34. The topological polar surface area (TPSA) is 96.0 Å². The molecule has 46 heavy (non-hydrogen) atoms. The van der Waals surface area contributed by atoms with E-state index in [1.54, 1.807) is 60.7 Å². The second-order valence-corrected chi connectivity index (χ2v) is 13.2. The highest BCUT2D eigenvalue weighted by Gasteiger charge is 2.34. The van der Waals surface area contributed by atoms with E-state index in [2.05, 4.69) is 5.32 Å². The summed E-state index contributed by atoms with van der Waals surface area (Å²) in [5, 5.41) is 3.57. The van der Waals surface area contributed by atoms with Crippen LogP contribution in [0.3, 0.4) is 0 Å². The predicted octanol–water partition coefficient (Wildman–Crippen LogP) is 6.75. The van der Waals surface area contributed by atoms with Crippen molar-refractivity contribution in [3.05, 3.63) is 124 Å². The number of sulfonamides is 1. The lowest BCUT2D eigenvalue weighted by molar-refractivity contribution is -0.140. The van der Waals surface area contributed by atoms with Gasteiger partial charge in [-0.25, -0.2) is 8.42 Å². The van der Waals surface area contributed by atoms with E-state index in [1.807, 2.05) is 44.2 Å². The molecule has 0 saturated carbocycles. The van der Waals surface area contributed by atoms with Crippen LogP contribution in [0.15, 0.2) is 108 Å². The van der Waals surface area contributed by atoms with Gasteiger partial charge in [-0.2, -0.15) is 0 Å². The van der Waals surface area contributed by atoms with Gasteiger partial charge in [0.1, 0.15) is 18.3 Å². The first-order valence-electron chi connectivity index (χ1n) is 15.0. The maximum atomic E-state index is 14.5. The monoisotopic (exact) mass is 681 g/mol. The van der Waals surface area contributed by atoms with Gasteiger partial charge in [-0.3, -0.25) is 13.9 Å². The Morgan fingerprint density at radius 3 is 2.09 bits per heavy atom. The molecule has 242 valence electrons. The van der Waals surface area contributed by atoms with Gasteiger partial charge in [0.15, 0.2) is 0 Å². The molecule has 1 N–H and O–H groups in total. The van der Waals surface area contributed by atoms with E-state index in [4.69, 9.17) is 27.9 Å². The molecule has 0 spiro atoms. The molecule has 0 bridgehead atoms. The number of ether oxygens (including phenoxy) is 1. The standard InChI is InChI=1S/C35H37Cl2N3O5S/c1-3-21-38-35(42)33(23-26-11-7-5-8-12-26)39(24-27-15-20-31(36)32(37)22-27)34(41)25-40(28-16-18-29(19-17-28)45-4-2)46(43,44)30-13-9-6-10-14-30/h5-20,22,33H,3-4,21,23-25H2,1-2H3,(H,38,42)/t33-/m1/s1. The molecular weight excluding hydrogens is 645 g/mol. The van der Waals surface area contributed by atoms with Crippen LogP contribution in [0.5, 0.6) is 5.75 Å². The minimum absolute atomic E-state index is 0.0186. The number of anilines is 1. The Bertz CT molecular complexity index is 1710. The summed E-state index contributed by atoms with van der Waals surface area (Å²) in [5.74, 6) is -0.365. The van der Waals surface area contributed by atoms with Crippen LogP contribution in [-0.4, -0.2) is 50.9 Å². The van der Waals surface area contributed by atoms with Crippen molar-refractivity contribution >= 4 is 50.7 Å². The third kappa shape index (κ3) is 9.02.